The lowest BCUT2D eigenvalue weighted by Gasteiger charge is -2.13. The van der Waals surface area contributed by atoms with E-state index in [1.165, 1.54) is 5.56 Å². The normalized spacial score (nSPS) is 12.5. The van der Waals surface area contributed by atoms with Gasteiger partial charge in [-0.2, -0.15) is 12.6 Å². The van der Waals surface area contributed by atoms with Crippen molar-refractivity contribution < 1.29 is 4.74 Å². The molecule has 1 aromatic carbocycles. The van der Waals surface area contributed by atoms with Gasteiger partial charge in [-0.25, -0.2) is 0 Å². The summed E-state index contributed by atoms with van der Waals surface area (Å²) in [5.41, 5.74) is 1.20. The van der Waals surface area contributed by atoms with Gasteiger partial charge in [0.25, 0.3) is 0 Å². The van der Waals surface area contributed by atoms with Crippen LogP contribution in [0.15, 0.2) is 22.7 Å². The van der Waals surface area contributed by atoms with Gasteiger partial charge in [0.15, 0.2) is 0 Å². The zero-order valence-corrected chi connectivity index (χ0v) is 11.6. The van der Waals surface area contributed by atoms with Crippen LogP contribution in [0.5, 0.6) is 5.75 Å². The van der Waals surface area contributed by atoms with Crippen molar-refractivity contribution >= 4 is 28.6 Å². The van der Waals surface area contributed by atoms with Gasteiger partial charge < -0.3 is 4.74 Å². The lowest BCUT2D eigenvalue weighted by molar-refractivity contribution is 0.259. The van der Waals surface area contributed by atoms with Crippen LogP contribution in [0.4, 0.5) is 0 Å². The largest absolute Gasteiger partial charge is 0.493 e. The minimum Gasteiger partial charge on any atom is -0.493 e. The standard InChI is InChI=1S/C12H17BrOS/c1-3-10(8-15)7-14-11-4-5-12(13)9(2)6-11/h4-6,10,15H,3,7-8H2,1-2H3. The molecular formula is C12H17BrOS. The van der Waals surface area contributed by atoms with Gasteiger partial charge in [-0.15, -0.1) is 0 Å². The number of rotatable bonds is 5. The molecule has 0 amide bonds. The van der Waals surface area contributed by atoms with Crippen molar-refractivity contribution in [2.75, 3.05) is 12.4 Å². The molecular weight excluding hydrogens is 272 g/mol. The average molecular weight is 289 g/mol. The Kier molecular flexibility index (Phi) is 5.54. The molecule has 0 aliphatic rings. The third-order valence-corrected chi connectivity index (χ3v) is 3.86. The number of hydrogen-bond acceptors (Lipinski definition) is 2. The van der Waals surface area contributed by atoms with Gasteiger partial charge >= 0.3 is 0 Å². The average Bonchev–Trinajstić information content (AvgIpc) is 2.24. The van der Waals surface area contributed by atoms with E-state index in [0.29, 0.717) is 5.92 Å². The molecule has 0 radical (unpaired) electrons. The van der Waals surface area contributed by atoms with E-state index in [4.69, 9.17) is 4.74 Å². The number of hydrogen-bond donors (Lipinski definition) is 1. The minimum absolute atomic E-state index is 0.539. The fraction of sp³-hybridized carbons (Fsp3) is 0.500. The van der Waals surface area contributed by atoms with E-state index in [9.17, 15) is 0 Å². The summed E-state index contributed by atoms with van der Waals surface area (Å²) in [7, 11) is 0. The lowest BCUT2D eigenvalue weighted by atomic mass is 10.1. The highest BCUT2D eigenvalue weighted by Crippen LogP contribution is 2.22. The van der Waals surface area contributed by atoms with Crippen molar-refractivity contribution in [3.8, 4) is 5.75 Å². The molecule has 0 heterocycles. The highest BCUT2D eigenvalue weighted by atomic mass is 79.9. The fourth-order valence-electron chi connectivity index (χ4n) is 1.22. The summed E-state index contributed by atoms with van der Waals surface area (Å²) in [5.74, 6) is 2.36. The maximum Gasteiger partial charge on any atom is 0.119 e. The highest BCUT2D eigenvalue weighted by Gasteiger charge is 2.05. The zero-order valence-electron chi connectivity index (χ0n) is 9.16. The second-order valence-electron chi connectivity index (χ2n) is 3.68. The predicted molar refractivity (Wildman–Crippen MR) is 72.0 cm³/mol. The number of thiol groups is 1. The van der Waals surface area contributed by atoms with Crippen LogP contribution in [0.25, 0.3) is 0 Å². The summed E-state index contributed by atoms with van der Waals surface area (Å²) >= 11 is 7.76. The fourth-order valence-corrected chi connectivity index (χ4v) is 1.83. The summed E-state index contributed by atoms with van der Waals surface area (Å²) < 4.78 is 6.84. The van der Waals surface area contributed by atoms with E-state index >= 15 is 0 Å². The van der Waals surface area contributed by atoms with Crippen molar-refractivity contribution in [1.29, 1.82) is 0 Å². The second kappa shape index (κ2) is 6.44. The molecule has 0 fully saturated rings. The summed E-state index contributed by atoms with van der Waals surface area (Å²) in [6, 6.07) is 6.06. The maximum absolute atomic E-state index is 5.72. The second-order valence-corrected chi connectivity index (χ2v) is 4.90. The highest BCUT2D eigenvalue weighted by molar-refractivity contribution is 9.10. The van der Waals surface area contributed by atoms with Crippen LogP contribution in [0.3, 0.4) is 0 Å². The van der Waals surface area contributed by atoms with Crippen LogP contribution in [-0.4, -0.2) is 12.4 Å². The molecule has 3 heteroatoms. The first-order valence-corrected chi connectivity index (χ1v) is 6.59. The molecule has 1 unspecified atom stereocenters. The molecule has 0 saturated heterocycles. The Balaban J connectivity index is 2.54. The Morgan fingerprint density at radius 3 is 2.73 bits per heavy atom. The Morgan fingerprint density at radius 1 is 1.47 bits per heavy atom. The van der Waals surface area contributed by atoms with Crippen molar-refractivity contribution in [2.45, 2.75) is 20.3 Å². The number of halogens is 1. The molecule has 0 saturated carbocycles. The molecule has 0 spiro atoms. The van der Waals surface area contributed by atoms with Crippen molar-refractivity contribution in [1.82, 2.24) is 0 Å². The Morgan fingerprint density at radius 2 is 2.20 bits per heavy atom. The SMILES string of the molecule is CCC(CS)COc1ccc(Br)c(C)c1. The summed E-state index contributed by atoms with van der Waals surface area (Å²) in [6.07, 6.45) is 1.11. The summed E-state index contributed by atoms with van der Waals surface area (Å²) in [5, 5.41) is 0. The zero-order chi connectivity index (χ0) is 11.3. The van der Waals surface area contributed by atoms with Gasteiger partial charge in [0.2, 0.25) is 0 Å². The predicted octanol–water partition coefficient (Wildman–Crippen LogP) is 4.09. The Bertz CT molecular complexity index is 310. The quantitative estimate of drug-likeness (QED) is 0.803. The van der Waals surface area contributed by atoms with Crippen molar-refractivity contribution in [2.24, 2.45) is 5.92 Å². The number of aryl methyl sites for hydroxylation is 1. The first-order chi connectivity index (χ1) is 7.17. The van der Waals surface area contributed by atoms with Gasteiger partial charge in [-0.1, -0.05) is 22.9 Å². The molecule has 1 aromatic rings. The minimum atomic E-state index is 0.539. The van der Waals surface area contributed by atoms with Gasteiger partial charge in [0.05, 0.1) is 6.61 Å². The van der Waals surface area contributed by atoms with E-state index in [0.717, 1.165) is 29.0 Å². The molecule has 0 bridgehead atoms. The van der Waals surface area contributed by atoms with E-state index < -0.39 is 0 Å². The smallest absolute Gasteiger partial charge is 0.119 e. The Hall–Kier alpha value is -0.150. The molecule has 15 heavy (non-hydrogen) atoms. The first-order valence-electron chi connectivity index (χ1n) is 5.17. The Labute approximate surface area is 106 Å². The van der Waals surface area contributed by atoms with Gasteiger partial charge in [-0.3, -0.25) is 0 Å². The topological polar surface area (TPSA) is 9.23 Å². The van der Waals surface area contributed by atoms with E-state index in [-0.39, 0.29) is 0 Å². The molecule has 1 nitrogen and oxygen atoms in total. The van der Waals surface area contributed by atoms with Gasteiger partial charge in [-0.05, 0) is 42.9 Å². The van der Waals surface area contributed by atoms with Crippen LogP contribution < -0.4 is 4.74 Å². The molecule has 1 atom stereocenters. The van der Waals surface area contributed by atoms with Crippen LogP contribution >= 0.6 is 28.6 Å². The van der Waals surface area contributed by atoms with Crippen LogP contribution in [0, 0.1) is 12.8 Å². The van der Waals surface area contributed by atoms with Gasteiger partial charge in [0, 0.05) is 10.4 Å². The molecule has 0 aliphatic heterocycles. The molecule has 0 N–H and O–H groups in total. The summed E-state index contributed by atoms with van der Waals surface area (Å²) in [4.78, 5) is 0. The number of benzene rings is 1. The first kappa shape index (κ1) is 12.9. The van der Waals surface area contributed by atoms with Gasteiger partial charge in [0.1, 0.15) is 5.75 Å². The van der Waals surface area contributed by atoms with E-state index in [1.54, 1.807) is 0 Å². The molecule has 0 aromatic heterocycles. The van der Waals surface area contributed by atoms with Crippen LogP contribution in [0.2, 0.25) is 0 Å². The third kappa shape index (κ3) is 4.07. The van der Waals surface area contributed by atoms with Crippen LogP contribution in [0.1, 0.15) is 18.9 Å². The lowest BCUT2D eigenvalue weighted by Crippen LogP contribution is -2.12. The maximum atomic E-state index is 5.72. The van der Waals surface area contributed by atoms with Crippen LogP contribution in [-0.2, 0) is 0 Å². The van der Waals surface area contributed by atoms with Crippen molar-refractivity contribution in [3.63, 3.8) is 0 Å². The monoisotopic (exact) mass is 288 g/mol. The van der Waals surface area contributed by atoms with Crippen molar-refractivity contribution in [3.05, 3.63) is 28.2 Å². The van der Waals surface area contributed by atoms with E-state index in [2.05, 4.69) is 48.5 Å². The molecule has 0 aliphatic carbocycles. The molecule has 84 valence electrons. The van der Waals surface area contributed by atoms with E-state index in [1.807, 2.05) is 12.1 Å². The summed E-state index contributed by atoms with van der Waals surface area (Å²) in [6.45, 7) is 4.98. The number of ether oxygens (including phenoxy) is 1. The molecule has 1 rings (SSSR count). The third-order valence-electron chi connectivity index (χ3n) is 2.45.